The van der Waals surface area contributed by atoms with E-state index in [1.165, 1.54) is 4.88 Å². The minimum absolute atomic E-state index is 0.0873. The summed E-state index contributed by atoms with van der Waals surface area (Å²) in [6.07, 6.45) is 2.28. The van der Waals surface area contributed by atoms with Crippen molar-refractivity contribution < 1.29 is 4.79 Å². The van der Waals surface area contributed by atoms with Crippen LogP contribution in [-0.4, -0.2) is 11.9 Å². The Morgan fingerprint density at radius 2 is 2.13 bits per heavy atom. The van der Waals surface area contributed by atoms with Crippen molar-refractivity contribution in [2.75, 3.05) is 0 Å². The lowest BCUT2D eigenvalue weighted by atomic mass is 9.94. The van der Waals surface area contributed by atoms with Crippen molar-refractivity contribution in [3.63, 3.8) is 0 Å². The molecular formula is C12H17NOS. The number of carbonyl (C=O) groups excluding carboxylic acids is 1. The van der Waals surface area contributed by atoms with E-state index in [1.807, 2.05) is 11.4 Å². The molecule has 0 atom stereocenters. The van der Waals surface area contributed by atoms with E-state index in [9.17, 15) is 4.79 Å². The second kappa shape index (κ2) is 3.63. The first kappa shape index (κ1) is 10.7. The molecule has 2 rings (SSSR count). The van der Waals surface area contributed by atoms with Crippen LogP contribution in [0.15, 0.2) is 11.4 Å². The van der Waals surface area contributed by atoms with Gasteiger partial charge in [0.2, 0.25) is 0 Å². The van der Waals surface area contributed by atoms with Crippen LogP contribution in [0.3, 0.4) is 0 Å². The van der Waals surface area contributed by atoms with Crippen LogP contribution in [0.4, 0.5) is 0 Å². The molecule has 2 nitrogen and oxygen atoms in total. The Balaban J connectivity index is 2.08. The summed E-state index contributed by atoms with van der Waals surface area (Å²) in [5.41, 5.74) is 0.958. The van der Waals surface area contributed by atoms with Gasteiger partial charge in [-0.3, -0.25) is 4.79 Å². The van der Waals surface area contributed by atoms with Crippen LogP contribution in [0, 0.1) is 0 Å². The van der Waals surface area contributed by atoms with E-state index < -0.39 is 0 Å². The third-order valence-electron chi connectivity index (χ3n) is 2.51. The standard InChI is InChI=1S/C12H17NOS/c1-12(2,3)10-6-8(7-15-10)11(14)13-9-4-5-9/h6-7,9H,4-5H2,1-3H3,(H,13,14). The van der Waals surface area contributed by atoms with E-state index in [-0.39, 0.29) is 11.3 Å². The molecule has 0 aromatic carbocycles. The Labute approximate surface area is 94.7 Å². The molecule has 0 saturated heterocycles. The zero-order valence-electron chi connectivity index (χ0n) is 9.46. The SMILES string of the molecule is CC(C)(C)c1cc(C(=O)NC2CC2)cs1. The molecule has 1 aromatic rings. The monoisotopic (exact) mass is 223 g/mol. The van der Waals surface area contributed by atoms with Crippen LogP contribution in [0.5, 0.6) is 0 Å². The lowest BCUT2D eigenvalue weighted by Gasteiger charge is -2.15. The first-order valence-corrected chi connectivity index (χ1v) is 6.24. The maximum Gasteiger partial charge on any atom is 0.252 e. The van der Waals surface area contributed by atoms with Crippen LogP contribution < -0.4 is 5.32 Å². The van der Waals surface area contributed by atoms with Gasteiger partial charge in [0.05, 0.1) is 5.56 Å². The van der Waals surface area contributed by atoms with Gasteiger partial charge in [-0.2, -0.15) is 0 Å². The van der Waals surface area contributed by atoms with Crippen LogP contribution >= 0.6 is 11.3 Å². The number of amides is 1. The van der Waals surface area contributed by atoms with Gasteiger partial charge >= 0.3 is 0 Å². The maximum absolute atomic E-state index is 11.7. The summed E-state index contributed by atoms with van der Waals surface area (Å²) in [6.45, 7) is 6.50. The average Bonchev–Trinajstić information content (AvgIpc) is 2.80. The molecule has 15 heavy (non-hydrogen) atoms. The highest BCUT2D eigenvalue weighted by Crippen LogP contribution is 2.29. The molecule has 3 heteroatoms. The number of thiophene rings is 1. The highest BCUT2D eigenvalue weighted by molar-refractivity contribution is 7.10. The first-order valence-electron chi connectivity index (χ1n) is 5.37. The van der Waals surface area contributed by atoms with Gasteiger partial charge in [-0.15, -0.1) is 11.3 Å². The van der Waals surface area contributed by atoms with Crippen molar-refractivity contribution in [1.82, 2.24) is 5.32 Å². The van der Waals surface area contributed by atoms with Gasteiger partial charge in [0, 0.05) is 16.3 Å². The third kappa shape index (κ3) is 2.59. The fraction of sp³-hybridized carbons (Fsp3) is 0.583. The number of hydrogen-bond acceptors (Lipinski definition) is 2. The largest absolute Gasteiger partial charge is 0.349 e. The molecule has 82 valence electrons. The topological polar surface area (TPSA) is 29.1 Å². The summed E-state index contributed by atoms with van der Waals surface area (Å²) >= 11 is 1.67. The molecule has 1 aromatic heterocycles. The second-order valence-electron chi connectivity index (χ2n) is 5.20. The molecule has 0 aliphatic heterocycles. The van der Waals surface area contributed by atoms with Crippen LogP contribution in [-0.2, 0) is 5.41 Å². The smallest absolute Gasteiger partial charge is 0.252 e. The molecule has 1 N–H and O–H groups in total. The van der Waals surface area contributed by atoms with E-state index in [4.69, 9.17) is 0 Å². The summed E-state index contributed by atoms with van der Waals surface area (Å²) in [5.74, 6) is 0.0873. The van der Waals surface area contributed by atoms with Gasteiger partial charge in [0.1, 0.15) is 0 Å². The number of rotatable bonds is 2. The molecule has 1 amide bonds. The fourth-order valence-corrected chi connectivity index (χ4v) is 2.32. The minimum Gasteiger partial charge on any atom is -0.349 e. The van der Waals surface area contributed by atoms with Gasteiger partial charge in [-0.1, -0.05) is 20.8 Å². The van der Waals surface area contributed by atoms with Gasteiger partial charge in [-0.25, -0.2) is 0 Å². The molecule has 0 bridgehead atoms. The van der Waals surface area contributed by atoms with Crippen molar-refractivity contribution >= 4 is 17.2 Å². The lowest BCUT2D eigenvalue weighted by Crippen LogP contribution is -2.24. The molecule has 0 radical (unpaired) electrons. The number of carbonyl (C=O) groups is 1. The summed E-state index contributed by atoms with van der Waals surface area (Å²) in [4.78, 5) is 13.0. The van der Waals surface area contributed by atoms with Gasteiger partial charge in [0.15, 0.2) is 0 Å². The summed E-state index contributed by atoms with van der Waals surface area (Å²) in [6, 6.07) is 2.46. The number of hydrogen-bond donors (Lipinski definition) is 1. The van der Waals surface area contributed by atoms with E-state index in [1.54, 1.807) is 11.3 Å². The van der Waals surface area contributed by atoms with E-state index in [0.717, 1.165) is 18.4 Å². The molecular weight excluding hydrogens is 206 g/mol. The zero-order chi connectivity index (χ0) is 11.1. The summed E-state index contributed by atoms with van der Waals surface area (Å²) < 4.78 is 0. The Kier molecular flexibility index (Phi) is 2.59. The normalized spacial score (nSPS) is 16.5. The van der Waals surface area contributed by atoms with Crippen molar-refractivity contribution in [3.8, 4) is 0 Å². The summed E-state index contributed by atoms with van der Waals surface area (Å²) in [5, 5.41) is 4.96. The van der Waals surface area contributed by atoms with Gasteiger partial charge in [-0.05, 0) is 24.3 Å². The van der Waals surface area contributed by atoms with Crippen molar-refractivity contribution in [2.24, 2.45) is 0 Å². The van der Waals surface area contributed by atoms with E-state index in [2.05, 4.69) is 26.1 Å². The average molecular weight is 223 g/mol. The number of nitrogens with one attached hydrogen (secondary N) is 1. The molecule has 1 fully saturated rings. The molecule has 1 aliphatic carbocycles. The highest BCUT2D eigenvalue weighted by atomic mass is 32.1. The second-order valence-corrected chi connectivity index (χ2v) is 6.11. The first-order chi connectivity index (χ1) is 6.97. The maximum atomic E-state index is 11.7. The Morgan fingerprint density at radius 1 is 1.47 bits per heavy atom. The van der Waals surface area contributed by atoms with Crippen molar-refractivity contribution in [2.45, 2.75) is 45.1 Å². The van der Waals surface area contributed by atoms with E-state index >= 15 is 0 Å². The lowest BCUT2D eigenvalue weighted by molar-refractivity contribution is 0.0951. The Hall–Kier alpha value is -0.830. The predicted molar refractivity (Wildman–Crippen MR) is 63.5 cm³/mol. The third-order valence-corrected chi connectivity index (χ3v) is 3.87. The summed E-state index contributed by atoms with van der Waals surface area (Å²) in [7, 11) is 0. The Morgan fingerprint density at radius 3 is 2.60 bits per heavy atom. The van der Waals surface area contributed by atoms with Crippen LogP contribution in [0.1, 0.15) is 48.8 Å². The fourth-order valence-electron chi connectivity index (χ4n) is 1.34. The van der Waals surface area contributed by atoms with Crippen LogP contribution in [0.25, 0.3) is 0 Å². The molecule has 1 aliphatic rings. The molecule has 1 saturated carbocycles. The molecule has 1 heterocycles. The van der Waals surface area contributed by atoms with Crippen LogP contribution in [0.2, 0.25) is 0 Å². The van der Waals surface area contributed by atoms with Gasteiger partial charge < -0.3 is 5.32 Å². The molecule has 0 spiro atoms. The van der Waals surface area contributed by atoms with Crippen molar-refractivity contribution in [1.29, 1.82) is 0 Å². The van der Waals surface area contributed by atoms with Gasteiger partial charge in [0.25, 0.3) is 5.91 Å². The zero-order valence-corrected chi connectivity index (χ0v) is 10.3. The minimum atomic E-state index is 0.0873. The van der Waals surface area contributed by atoms with E-state index in [0.29, 0.717) is 6.04 Å². The quantitative estimate of drug-likeness (QED) is 0.820. The Bertz CT molecular complexity index is 371. The van der Waals surface area contributed by atoms with Crippen molar-refractivity contribution in [3.05, 3.63) is 21.9 Å². The molecule has 0 unspecified atom stereocenters. The highest BCUT2D eigenvalue weighted by Gasteiger charge is 2.25. The predicted octanol–water partition coefficient (Wildman–Crippen LogP) is 2.94.